The number of hydrogen-bond acceptors (Lipinski definition) is 4. The van der Waals surface area contributed by atoms with E-state index in [4.69, 9.17) is 0 Å². The minimum atomic E-state index is -4.58. The first kappa shape index (κ1) is 18.4. The van der Waals surface area contributed by atoms with E-state index in [1.807, 2.05) is 0 Å². The first-order valence-corrected chi connectivity index (χ1v) is 7.50. The van der Waals surface area contributed by atoms with E-state index in [0.29, 0.717) is 11.0 Å². The Labute approximate surface area is 149 Å². The summed E-state index contributed by atoms with van der Waals surface area (Å²) in [6.45, 7) is -1.58. The summed E-state index contributed by atoms with van der Waals surface area (Å²) < 4.78 is 57.2. The third-order valence-electron chi connectivity index (χ3n) is 3.42. The zero-order valence-electron chi connectivity index (χ0n) is 13.5. The second-order valence-corrected chi connectivity index (χ2v) is 5.49. The summed E-state index contributed by atoms with van der Waals surface area (Å²) >= 11 is 0. The molecule has 0 aliphatic heterocycles. The molecule has 140 valence electrons. The number of aromatic nitrogens is 3. The van der Waals surface area contributed by atoms with E-state index < -0.39 is 18.6 Å². The number of carbonyl (C=O) groups is 1. The highest BCUT2D eigenvalue weighted by molar-refractivity contribution is 5.76. The molecular weight excluding hydrogens is 370 g/mol. The highest BCUT2D eigenvalue weighted by atomic mass is 19.4. The lowest BCUT2D eigenvalue weighted by atomic mass is 10.1. The van der Waals surface area contributed by atoms with Gasteiger partial charge in [-0.1, -0.05) is 0 Å². The van der Waals surface area contributed by atoms with Gasteiger partial charge in [-0.2, -0.15) is 23.0 Å². The number of ether oxygens (including phenoxy) is 1. The molecule has 0 saturated carbocycles. The van der Waals surface area contributed by atoms with Gasteiger partial charge < -0.3 is 9.94 Å². The quantitative estimate of drug-likeness (QED) is 0.295. The van der Waals surface area contributed by atoms with Crippen molar-refractivity contribution < 1.29 is 31.8 Å². The molecule has 3 rings (SSSR count). The minimum absolute atomic E-state index is 0.00618. The summed E-state index contributed by atoms with van der Waals surface area (Å²) in [7, 11) is 0. The Morgan fingerprint density at radius 1 is 1.26 bits per heavy atom. The normalized spacial score (nSPS) is 11.4. The lowest BCUT2D eigenvalue weighted by Crippen LogP contribution is -2.25. The molecule has 10 heteroatoms. The predicted molar refractivity (Wildman–Crippen MR) is 84.9 cm³/mol. The second kappa shape index (κ2) is 7.06. The molecule has 0 atom stereocenters. The van der Waals surface area contributed by atoms with Gasteiger partial charge >= 0.3 is 6.18 Å². The number of hydrogen-bond donors (Lipinski definition) is 0. The molecule has 0 fully saturated rings. The van der Waals surface area contributed by atoms with Gasteiger partial charge in [-0.25, -0.2) is 9.07 Å². The highest BCUT2D eigenvalue weighted by Gasteiger charge is 2.28. The van der Waals surface area contributed by atoms with Gasteiger partial charge in [0.1, 0.15) is 22.9 Å². The number of halogens is 4. The first-order valence-electron chi connectivity index (χ1n) is 7.50. The number of rotatable bonds is 5. The Morgan fingerprint density at radius 3 is 2.70 bits per heavy atom. The Morgan fingerprint density at radius 2 is 2.04 bits per heavy atom. The van der Waals surface area contributed by atoms with Crippen LogP contribution in [0.5, 0.6) is 5.75 Å². The predicted octanol–water partition coefficient (Wildman–Crippen LogP) is 3.07. The molecule has 0 radical (unpaired) electrons. The van der Waals surface area contributed by atoms with Crippen molar-refractivity contribution in [3.8, 4) is 22.7 Å². The van der Waals surface area contributed by atoms with Gasteiger partial charge in [-0.05, 0) is 24.3 Å². The fourth-order valence-electron chi connectivity index (χ4n) is 2.39. The summed E-state index contributed by atoms with van der Waals surface area (Å²) in [6.07, 6.45) is -1.72. The van der Waals surface area contributed by atoms with Crippen molar-refractivity contribution in [3.05, 3.63) is 65.5 Å². The monoisotopic (exact) mass is 381 g/mol. The SMILES string of the molecule is O=Cc1cc(-c2cc(F)cc(OCC(F)(F)F)c2)n(-c2ccc[n+]([O-])c2)n1. The summed E-state index contributed by atoms with van der Waals surface area (Å²) in [5, 5.41) is 15.5. The van der Waals surface area contributed by atoms with Crippen LogP contribution in [-0.2, 0) is 0 Å². The molecule has 2 heterocycles. The maximum Gasteiger partial charge on any atom is 0.422 e. The number of benzene rings is 1. The van der Waals surface area contributed by atoms with Gasteiger partial charge in [0.2, 0.25) is 6.20 Å². The van der Waals surface area contributed by atoms with Crippen LogP contribution in [0, 0.1) is 11.0 Å². The van der Waals surface area contributed by atoms with E-state index in [2.05, 4.69) is 9.84 Å². The standard InChI is InChI=1S/C17H11F4N3O3/c18-12-4-11(5-15(6-12)27-10-17(19,20)21)16-7-13(9-25)22-24(16)14-2-1-3-23(26)8-14/h1-9H,10H2. The van der Waals surface area contributed by atoms with Crippen molar-refractivity contribution in [3.63, 3.8) is 0 Å². The average Bonchev–Trinajstić information content (AvgIpc) is 3.03. The Bertz CT molecular complexity index is 986. The van der Waals surface area contributed by atoms with E-state index >= 15 is 0 Å². The van der Waals surface area contributed by atoms with E-state index in [0.717, 1.165) is 12.1 Å². The van der Waals surface area contributed by atoms with Gasteiger partial charge in [0.15, 0.2) is 19.1 Å². The summed E-state index contributed by atoms with van der Waals surface area (Å²) in [5.41, 5.74) is 0.583. The summed E-state index contributed by atoms with van der Waals surface area (Å²) in [6, 6.07) is 7.33. The summed E-state index contributed by atoms with van der Waals surface area (Å²) in [5.74, 6) is -1.17. The van der Waals surface area contributed by atoms with Gasteiger partial charge in [0.05, 0.1) is 5.69 Å². The van der Waals surface area contributed by atoms with Gasteiger partial charge in [0.25, 0.3) is 0 Å². The van der Waals surface area contributed by atoms with Crippen molar-refractivity contribution in [1.82, 2.24) is 9.78 Å². The van der Waals surface area contributed by atoms with Crippen LogP contribution >= 0.6 is 0 Å². The van der Waals surface area contributed by atoms with E-state index in [9.17, 15) is 27.6 Å². The van der Waals surface area contributed by atoms with Crippen molar-refractivity contribution in [2.24, 2.45) is 0 Å². The molecule has 0 amide bonds. The molecule has 3 aromatic rings. The fourth-order valence-corrected chi connectivity index (χ4v) is 2.39. The number of alkyl halides is 3. The second-order valence-electron chi connectivity index (χ2n) is 5.49. The van der Waals surface area contributed by atoms with Crippen LogP contribution in [0.1, 0.15) is 10.5 Å². The third-order valence-corrected chi connectivity index (χ3v) is 3.42. The molecular formula is C17H11F4N3O3. The topological polar surface area (TPSA) is 71.1 Å². The highest BCUT2D eigenvalue weighted by Crippen LogP contribution is 2.29. The largest absolute Gasteiger partial charge is 0.619 e. The van der Waals surface area contributed by atoms with Gasteiger partial charge in [0, 0.05) is 17.7 Å². The molecule has 0 saturated heterocycles. The molecule has 0 aliphatic rings. The molecule has 2 aromatic heterocycles. The van der Waals surface area contributed by atoms with Crippen LogP contribution in [0.15, 0.2) is 48.8 Å². The Hall–Kier alpha value is -3.43. The van der Waals surface area contributed by atoms with Crippen LogP contribution < -0.4 is 9.47 Å². The fraction of sp³-hybridized carbons (Fsp3) is 0.118. The van der Waals surface area contributed by atoms with Crippen LogP contribution in [0.25, 0.3) is 16.9 Å². The third kappa shape index (κ3) is 4.40. The van der Waals surface area contributed by atoms with Crippen LogP contribution in [0.4, 0.5) is 17.6 Å². The molecule has 0 unspecified atom stereocenters. The van der Waals surface area contributed by atoms with E-state index in [1.54, 1.807) is 0 Å². The van der Waals surface area contributed by atoms with Crippen molar-refractivity contribution in [2.45, 2.75) is 6.18 Å². The maximum absolute atomic E-state index is 13.9. The molecule has 0 bridgehead atoms. The molecule has 27 heavy (non-hydrogen) atoms. The van der Waals surface area contributed by atoms with E-state index in [-0.39, 0.29) is 28.4 Å². The zero-order chi connectivity index (χ0) is 19.6. The maximum atomic E-state index is 13.9. The van der Waals surface area contributed by atoms with Crippen molar-refractivity contribution >= 4 is 6.29 Å². The number of pyridine rings is 1. The van der Waals surface area contributed by atoms with Gasteiger partial charge in [-0.3, -0.25) is 4.79 Å². The van der Waals surface area contributed by atoms with Crippen LogP contribution in [0.2, 0.25) is 0 Å². The average molecular weight is 381 g/mol. The van der Waals surface area contributed by atoms with E-state index in [1.165, 1.54) is 41.3 Å². The minimum Gasteiger partial charge on any atom is -0.619 e. The zero-order valence-corrected chi connectivity index (χ0v) is 13.5. The van der Waals surface area contributed by atoms with Crippen molar-refractivity contribution in [2.75, 3.05) is 6.61 Å². The number of aldehydes is 1. The molecule has 6 nitrogen and oxygen atoms in total. The summed E-state index contributed by atoms with van der Waals surface area (Å²) in [4.78, 5) is 11.1. The lowest BCUT2D eigenvalue weighted by molar-refractivity contribution is -0.605. The lowest BCUT2D eigenvalue weighted by Gasteiger charge is -2.12. The van der Waals surface area contributed by atoms with Crippen LogP contribution in [-0.4, -0.2) is 28.8 Å². The molecule has 1 aromatic carbocycles. The Kier molecular flexibility index (Phi) is 4.80. The molecule has 0 aliphatic carbocycles. The number of carbonyl (C=O) groups excluding carboxylic acids is 1. The molecule has 0 N–H and O–H groups in total. The smallest absolute Gasteiger partial charge is 0.422 e. The molecule has 0 spiro atoms. The van der Waals surface area contributed by atoms with Gasteiger partial charge in [-0.15, -0.1) is 0 Å². The number of nitrogens with zero attached hydrogens (tertiary/aromatic N) is 3. The Balaban J connectivity index is 2.07. The van der Waals surface area contributed by atoms with Crippen molar-refractivity contribution in [1.29, 1.82) is 0 Å². The van der Waals surface area contributed by atoms with Crippen LogP contribution in [0.3, 0.4) is 0 Å². The first-order chi connectivity index (χ1) is 12.7.